The minimum absolute atomic E-state index is 0.118. The quantitative estimate of drug-likeness (QED) is 0.689. The zero-order valence-electron chi connectivity index (χ0n) is 7.95. The van der Waals surface area contributed by atoms with E-state index in [0.717, 1.165) is 25.1 Å². The number of rotatable bonds is 5. The molecule has 0 aliphatic heterocycles. The molecule has 1 aliphatic carbocycles. The predicted octanol–water partition coefficient (Wildman–Crippen LogP) is 0.627. The second-order valence-corrected chi connectivity index (χ2v) is 4.52. The molecule has 0 unspecified atom stereocenters. The van der Waals surface area contributed by atoms with Crippen LogP contribution in [0.15, 0.2) is 0 Å². The first-order chi connectivity index (χ1) is 6.22. The number of carbonyl (C=O) groups is 1. The minimum atomic E-state index is -0.118. The van der Waals surface area contributed by atoms with Crippen molar-refractivity contribution < 1.29 is 9.90 Å². The fourth-order valence-corrected chi connectivity index (χ4v) is 1.80. The molecule has 76 valence electrons. The lowest BCUT2D eigenvalue weighted by molar-refractivity contribution is -0.121. The van der Waals surface area contributed by atoms with E-state index in [0.29, 0.717) is 12.3 Å². The average molecular weight is 203 g/mol. The van der Waals surface area contributed by atoms with Crippen LogP contribution in [0.3, 0.4) is 0 Å². The van der Waals surface area contributed by atoms with Crippen molar-refractivity contribution in [2.45, 2.75) is 25.4 Å². The topological polar surface area (TPSA) is 49.3 Å². The van der Waals surface area contributed by atoms with E-state index in [9.17, 15) is 4.79 Å². The van der Waals surface area contributed by atoms with Gasteiger partial charge in [0.2, 0.25) is 5.91 Å². The van der Waals surface area contributed by atoms with Crippen LogP contribution in [0.25, 0.3) is 0 Å². The zero-order valence-corrected chi connectivity index (χ0v) is 8.77. The van der Waals surface area contributed by atoms with E-state index in [2.05, 4.69) is 5.32 Å². The van der Waals surface area contributed by atoms with E-state index >= 15 is 0 Å². The molecule has 0 aromatic rings. The molecule has 13 heavy (non-hydrogen) atoms. The Morgan fingerprint density at radius 3 is 2.85 bits per heavy atom. The third-order valence-electron chi connectivity index (χ3n) is 2.33. The molecule has 2 N–H and O–H groups in total. The smallest absolute Gasteiger partial charge is 0.220 e. The number of hydrogen-bond acceptors (Lipinski definition) is 3. The Morgan fingerprint density at radius 2 is 2.31 bits per heavy atom. The molecule has 1 rings (SSSR count). The highest BCUT2D eigenvalue weighted by Crippen LogP contribution is 2.25. The molecule has 1 aliphatic rings. The summed E-state index contributed by atoms with van der Waals surface area (Å²) in [5.74, 6) is 1.53. The van der Waals surface area contributed by atoms with Crippen molar-refractivity contribution in [3.05, 3.63) is 0 Å². The molecule has 0 heterocycles. The fourth-order valence-electron chi connectivity index (χ4n) is 1.41. The number of carbonyl (C=O) groups excluding carboxylic acids is 1. The fraction of sp³-hybridized carbons (Fsp3) is 0.889. The molecule has 0 radical (unpaired) electrons. The maximum Gasteiger partial charge on any atom is 0.220 e. The van der Waals surface area contributed by atoms with Gasteiger partial charge in [-0.05, 0) is 25.0 Å². The highest BCUT2D eigenvalue weighted by molar-refractivity contribution is 7.98. The van der Waals surface area contributed by atoms with Gasteiger partial charge in [0.25, 0.3) is 0 Å². The Bertz CT molecular complexity index is 169. The molecular formula is C9H17NO2S. The monoisotopic (exact) mass is 203 g/mol. The normalized spacial score (nSPS) is 26.6. The third-order valence-corrected chi connectivity index (χ3v) is 2.94. The van der Waals surface area contributed by atoms with Gasteiger partial charge in [0, 0.05) is 18.7 Å². The Balaban J connectivity index is 1.96. The van der Waals surface area contributed by atoms with Crippen molar-refractivity contribution in [3.8, 4) is 0 Å². The van der Waals surface area contributed by atoms with Crippen molar-refractivity contribution in [2.24, 2.45) is 5.92 Å². The summed E-state index contributed by atoms with van der Waals surface area (Å²) in [6, 6.07) is 0. The van der Waals surface area contributed by atoms with Crippen LogP contribution < -0.4 is 5.32 Å². The van der Waals surface area contributed by atoms with Gasteiger partial charge in [-0.3, -0.25) is 4.79 Å². The molecule has 0 aromatic carbocycles. The van der Waals surface area contributed by atoms with Gasteiger partial charge >= 0.3 is 0 Å². The minimum Gasteiger partial charge on any atom is -0.393 e. The van der Waals surface area contributed by atoms with Gasteiger partial charge < -0.3 is 10.4 Å². The highest BCUT2D eigenvalue weighted by atomic mass is 32.2. The van der Waals surface area contributed by atoms with Crippen LogP contribution in [0.5, 0.6) is 0 Å². The number of hydrogen-bond donors (Lipinski definition) is 2. The van der Waals surface area contributed by atoms with E-state index in [4.69, 9.17) is 5.11 Å². The summed E-state index contributed by atoms with van der Waals surface area (Å²) < 4.78 is 0. The van der Waals surface area contributed by atoms with E-state index in [1.165, 1.54) is 0 Å². The van der Waals surface area contributed by atoms with Crippen LogP contribution in [0.4, 0.5) is 0 Å². The zero-order chi connectivity index (χ0) is 9.68. The van der Waals surface area contributed by atoms with Gasteiger partial charge in [-0.25, -0.2) is 0 Å². The van der Waals surface area contributed by atoms with Crippen LogP contribution in [-0.2, 0) is 4.79 Å². The molecule has 0 atom stereocenters. The second-order valence-electron chi connectivity index (χ2n) is 3.54. The highest BCUT2D eigenvalue weighted by Gasteiger charge is 2.26. The van der Waals surface area contributed by atoms with Gasteiger partial charge in [-0.1, -0.05) is 0 Å². The molecule has 0 bridgehead atoms. The molecule has 0 saturated heterocycles. The van der Waals surface area contributed by atoms with Crippen LogP contribution in [0.2, 0.25) is 0 Å². The molecule has 0 spiro atoms. The third kappa shape index (κ3) is 4.00. The number of nitrogens with one attached hydrogen (secondary N) is 1. The maximum absolute atomic E-state index is 11.1. The average Bonchev–Trinajstić information content (AvgIpc) is 2.07. The summed E-state index contributed by atoms with van der Waals surface area (Å²) in [6.07, 6.45) is 4.19. The van der Waals surface area contributed by atoms with E-state index < -0.39 is 0 Å². The summed E-state index contributed by atoms with van der Waals surface area (Å²) in [7, 11) is 0. The van der Waals surface area contributed by atoms with E-state index in [1.807, 2.05) is 6.26 Å². The largest absolute Gasteiger partial charge is 0.393 e. The Kier molecular flexibility index (Phi) is 4.59. The van der Waals surface area contributed by atoms with Crippen LogP contribution in [-0.4, -0.2) is 35.7 Å². The van der Waals surface area contributed by atoms with Gasteiger partial charge in [-0.15, -0.1) is 0 Å². The second kappa shape index (κ2) is 5.50. The predicted molar refractivity (Wildman–Crippen MR) is 54.7 cm³/mol. The van der Waals surface area contributed by atoms with Gasteiger partial charge in [0.15, 0.2) is 0 Å². The lowest BCUT2D eigenvalue weighted by Gasteiger charge is -2.31. The van der Waals surface area contributed by atoms with E-state index in [-0.39, 0.29) is 12.0 Å². The first kappa shape index (κ1) is 10.9. The van der Waals surface area contributed by atoms with Crippen molar-refractivity contribution >= 4 is 17.7 Å². The molecule has 1 saturated carbocycles. The number of aliphatic hydroxyl groups excluding tert-OH is 1. The molecule has 4 heteroatoms. The first-order valence-electron chi connectivity index (χ1n) is 4.66. The number of aliphatic hydroxyl groups is 1. The summed E-state index contributed by atoms with van der Waals surface area (Å²) in [4.78, 5) is 11.1. The first-order valence-corrected chi connectivity index (χ1v) is 6.05. The van der Waals surface area contributed by atoms with Gasteiger partial charge in [0.1, 0.15) is 0 Å². The van der Waals surface area contributed by atoms with Gasteiger partial charge in [-0.2, -0.15) is 11.8 Å². The summed E-state index contributed by atoms with van der Waals surface area (Å²) in [5.41, 5.74) is 0. The Hall–Kier alpha value is -0.220. The van der Waals surface area contributed by atoms with Crippen molar-refractivity contribution in [3.63, 3.8) is 0 Å². The van der Waals surface area contributed by atoms with Crippen LogP contribution in [0.1, 0.15) is 19.3 Å². The Morgan fingerprint density at radius 1 is 1.62 bits per heavy atom. The van der Waals surface area contributed by atoms with E-state index in [1.54, 1.807) is 11.8 Å². The molecule has 0 aromatic heterocycles. The molecule has 3 nitrogen and oxygen atoms in total. The number of thioether (sulfide) groups is 1. The summed E-state index contributed by atoms with van der Waals surface area (Å²) >= 11 is 1.68. The lowest BCUT2D eigenvalue weighted by Crippen LogP contribution is -2.38. The van der Waals surface area contributed by atoms with Crippen molar-refractivity contribution in [2.75, 3.05) is 18.6 Å². The molecule has 1 fully saturated rings. The van der Waals surface area contributed by atoms with Crippen molar-refractivity contribution in [1.29, 1.82) is 0 Å². The molecular weight excluding hydrogens is 186 g/mol. The summed E-state index contributed by atoms with van der Waals surface area (Å²) in [6.45, 7) is 0.740. The SMILES string of the molecule is CSCCC(=O)NCC1CC(O)C1. The van der Waals surface area contributed by atoms with Crippen LogP contribution >= 0.6 is 11.8 Å². The maximum atomic E-state index is 11.1. The standard InChI is InChI=1S/C9H17NO2S/c1-13-3-2-9(12)10-6-7-4-8(11)5-7/h7-8,11H,2-6H2,1H3,(H,10,12). The van der Waals surface area contributed by atoms with Gasteiger partial charge in [0.05, 0.1) is 6.10 Å². The number of amides is 1. The lowest BCUT2D eigenvalue weighted by atomic mass is 9.82. The summed E-state index contributed by atoms with van der Waals surface area (Å²) in [5, 5.41) is 11.9. The molecule has 1 amide bonds. The van der Waals surface area contributed by atoms with Crippen LogP contribution in [0, 0.1) is 5.92 Å². The Labute approximate surface area is 83.3 Å². The van der Waals surface area contributed by atoms with Crippen molar-refractivity contribution in [1.82, 2.24) is 5.32 Å².